The number of ether oxygens (including phenoxy) is 2. The Hall–Kier alpha value is -2.50. The molecule has 0 bridgehead atoms. The van der Waals surface area contributed by atoms with E-state index in [4.69, 9.17) is 9.47 Å². The van der Waals surface area contributed by atoms with Crippen LogP contribution in [0.25, 0.3) is 0 Å². The van der Waals surface area contributed by atoms with Crippen molar-refractivity contribution in [2.24, 2.45) is 5.92 Å². The van der Waals surface area contributed by atoms with Crippen LogP contribution in [-0.4, -0.2) is 37.3 Å². The zero-order valence-electron chi connectivity index (χ0n) is 16.3. The van der Waals surface area contributed by atoms with Crippen molar-refractivity contribution in [1.29, 1.82) is 0 Å². The Balaban J connectivity index is 1.84. The standard InChI is InChI=1S/C20H28N4O2/c1-13(2)11-21-19-10-20(23-14(3)22-19)24-7-6-15-8-17(25-4)18(26-5)9-16(15)12-24/h8-10,13H,6-7,11-12H2,1-5H3,(H,21,22,23). The molecule has 0 atom stereocenters. The SMILES string of the molecule is COc1cc2c(cc1OC)CN(c1cc(NCC(C)C)nc(C)n1)CC2. The Labute approximate surface area is 155 Å². The molecule has 0 aliphatic carbocycles. The first-order valence-electron chi connectivity index (χ1n) is 9.08. The fourth-order valence-electron chi connectivity index (χ4n) is 3.19. The van der Waals surface area contributed by atoms with Gasteiger partial charge in [-0.2, -0.15) is 0 Å². The van der Waals surface area contributed by atoms with Gasteiger partial charge < -0.3 is 19.7 Å². The highest BCUT2D eigenvalue weighted by Gasteiger charge is 2.21. The lowest BCUT2D eigenvalue weighted by Gasteiger charge is -2.30. The minimum atomic E-state index is 0.568. The molecule has 0 spiro atoms. The third-order valence-electron chi connectivity index (χ3n) is 4.56. The summed E-state index contributed by atoms with van der Waals surface area (Å²) in [6.07, 6.45) is 0.952. The molecule has 140 valence electrons. The van der Waals surface area contributed by atoms with Gasteiger partial charge in [0.1, 0.15) is 17.5 Å². The van der Waals surface area contributed by atoms with E-state index in [2.05, 4.69) is 46.2 Å². The van der Waals surface area contributed by atoms with Crippen LogP contribution in [-0.2, 0) is 13.0 Å². The normalized spacial score (nSPS) is 13.5. The lowest BCUT2D eigenvalue weighted by molar-refractivity contribution is 0.353. The summed E-state index contributed by atoms with van der Waals surface area (Å²) in [4.78, 5) is 11.5. The van der Waals surface area contributed by atoms with Crippen molar-refractivity contribution in [1.82, 2.24) is 9.97 Å². The van der Waals surface area contributed by atoms with Crippen LogP contribution in [0.5, 0.6) is 11.5 Å². The maximum atomic E-state index is 5.46. The summed E-state index contributed by atoms with van der Waals surface area (Å²) in [6.45, 7) is 8.93. The van der Waals surface area contributed by atoms with Gasteiger partial charge in [0.05, 0.1) is 14.2 Å². The molecule has 1 aromatic carbocycles. The van der Waals surface area contributed by atoms with Crippen molar-refractivity contribution in [3.8, 4) is 11.5 Å². The zero-order valence-corrected chi connectivity index (χ0v) is 16.3. The van der Waals surface area contributed by atoms with Gasteiger partial charge >= 0.3 is 0 Å². The molecule has 0 unspecified atom stereocenters. The van der Waals surface area contributed by atoms with Gasteiger partial charge in [-0.1, -0.05) is 13.8 Å². The van der Waals surface area contributed by atoms with Crippen molar-refractivity contribution >= 4 is 11.6 Å². The molecule has 3 rings (SSSR count). The number of nitrogens with zero attached hydrogens (tertiary/aromatic N) is 3. The van der Waals surface area contributed by atoms with Crippen molar-refractivity contribution in [3.63, 3.8) is 0 Å². The van der Waals surface area contributed by atoms with Crippen LogP contribution in [0.2, 0.25) is 0 Å². The van der Waals surface area contributed by atoms with E-state index in [-0.39, 0.29) is 0 Å². The third kappa shape index (κ3) is 4.00. The van der Waals surface area contributed by atoms with Crippen LogP contribution in [0.3, 0.4) is 0 Å². The first kappa shape index (κ1) is 18.3. The van der Waals surface area contributed by atoms with E-state index in [0.717, 1.165) is 55.0 Å². The lowest BCUT2D eigenvalue weighted by Crippen LogP contribution is -2.31. The number of hydrogen-bond donors (Lipinski definition) is 1. The predicted octanol–water partition coefficient (Wildman–Crippen LogP) is 3.43. The lowest BCUT2D eigenvalue weighted by atomic mass is 9.99. The second kappa shape index (κ2) is 7.81. The highest BCUT2D eigenvalue weighted by Crippen LogP contribution is 2.34. The molecule has 6 nitrogen and oxygen atoms in total. The molecule has 26 heavy (non-hydrogen) atoms. The third-order valence-corrected chi connectivity index (χ3v) is 4.56. The minimum absolute atomic E-state index is 0.568. The molecule has 1 aliphatic heterocycles. The van der Waals surface area contributed by atoms with Gasteiger partial charge in [0.2, 0.25) is 0 Å². The topological polar surface area (TPSA) is 59.5 Å². The number of hydrogen-bond acceptors (Lipinski definition) is 6. The van der Waals surface area contributed by atoms with Crippen LogP contribution >= 0.6 is 0 Å². The first-order chi connectivity index (χ1) is 12.5. The molecule has 2 heterocycles. The van der Waals surface area contributed by atoms with Crippen molar-refractivity contribution < 1.29 is 9.47 Å². The fourth-order valence-corrected chi connectivity index (χ4v) is 3.19. The largest absolute Gasteiger partial charge is 0.493 e. The van der Waals surface area contributed by atoms with Gasteiger partial charge in [0.25, 0.3) is 0 Å². The Morgan fingerprint density at radius 2 is 1.77 bits per heavy atom. The highest BCUT2D eigenvalue weighted by atomic mass is 16.5. The minimum Gasteiger partial charge on any atom is -0.493 e. The fraction of sp³-hybridized carbons (Fsp3) is 0.500. The Morgan fingerprint density at radius 3 is 2.42 bits per heavy atom. The summed E-state index contributed by atoms with van der Waals surface area (Å²) in [6, 6.07) is 6.21. The highest BCUT2D eigenvalue weighted by molar-refractivity contribution is 5.54. The van der Waals surface area contributed by atoms with Crippen LogP contribution < -0.4 is 19.7 Å². The summed E-state index contributed by atoms with van der Waals surface area (Å²) in [5, 5.41) is 3.40. The van der Waals surface area contributed by atoms with E-state index in [1.807, 2.05) is 13.0 Å². The molecule has 2 aromatic rings. The molecule has 1 aromatic heterocycles. The maximum Gasteiger partial charge on any atom is 0.161 e. The number of rotatable bonds is 6. The second-order valence-corrected chi connectivity index (χ2v) is 7.08. The second-order valence-electron chi connectivity index (χ2n) is 7.08. The van der Waals surface area contributed by atoms with Crippen molar-refractivity contribution in [2.75, 3.05) is 37.5 Å². The number of methoxy groups -OCH3 is 2. The van der Waals surface area contributed by atoms with E-state index < -0.39 is 0 Å². The van der Waals surface area contributed by atoms with Crippen LogP contribution in [0.1, 0.15) is 30.8 Å². The van der Waals surface area contributed by atoms with E-state index >= 15 is 0 Å². The molecule has 6 heteroatoms. The van der Waals surface area contributed by atoms with Crippen molar-refractivity contribution in [2.45, 2.75) is 33.7 Å². The predicted molar refractivity (Wildman–Crippen MR) is 104 cm³/mol. The molecule has 0 saturated carbocycles. The number of nitrogens with one attached hydrogen (secondary N) is 1. The van der Waals surface area contributed by atoms with Crippen LogP contribution in [0.15, 0.2) is 18.2 Å². The quantitative estimate of drug-likeness (QED) is 0.856. The average molecular weight is 356 g/mol. The van der Waals surface area contributed by atoms with Gasteiger partial charge in [0.15, 0.2) is 11.5 Å². The molecule has 0 radical (unpaired) electrons. The zero-order chi connectivity index (χ0) is 18.7. The number of aromatic nitrogens is 2. The van der Waals surface area contributed by atoms with Crippen molar-refractivity contribution in [3.05, 3.63) is 35.2 Å². The monoisotopic (exact) mass is 356 g/mol. The molecule has 0 saturated heterocycles. The molecule has 0 amide bonds. The van der Waals surface area contributed by atoms with Crippen LogP contribution in [0.4, 0.5) is 11.6 Å². The summed E-state index contributed by atoms with van der Waals surface area (Å²) in [5.41, 5.74) is 2.56. The van der Waals surface area contributed by atoms with Gasteiger partial charge in [-0.3, -0.25) is 0 Å². The molecule has 1 N–H and O–H groups in total. The van der Waals surface area contributed by atoms with E-state index in [1.54, 1.807) is 14.2 Å². The van der Waals surface area contributed by atoms with E-state index in [1.165, 1.54) is 11.1 Å². The molecule has 1 aliphatic rings. The first-order valence-corrected chi connectivity index (χ1v) is 9.08. The van der Waals surface area contributed by atoms with Gasteiger partial charge in [-0.25, -0.2) is 9.97 Å². The van der Waals surface area contributed by atoms with Gasteiger partial charge in [-0.15, -0.1) is 0 Å². The molecular weight excluding hydrogens is 328 g/mol. The Morgan fingerprint density at radius 1 is 1.08 bits per heavy atom. The number of anilines is 2. The molecular formula is C20H28N4O2. The van der Waals surface area contributed by atoms with Gasteiger partial charge in [-0.05, 0) is 42.5 Å². The maximum absolute atomic E-state index is 5.46. The molecule has 0 fully saturated rings. The van der Waals surface area contributed by atoms with E-state index in [9.17, 15) is 0 Å². The summed E-state index contributed by atoms with van der Waals surface area (Å²) in [5.74, 6) is 4.76. The number of aryl methyl sites for hydroxylation is 1. The Bertz CT molecular complexity index is 777. The summed E-state index contributed by atoms with van der Waals surface area (Å²) >= 11 is 0. The Kier molecular flexibility index (Phi) is 5.49. The van der Waals surface area contributed by atoms with Crippen LogP contribution in [0, 0.1) is 12.8 Å². The average Bonchev–Trinajstić information content (AvgIpc) is 2.64. The van der Waals surface area contributed by atoms with Gasteiger partial charge in [0, 0.05) is 25.7 Å². The summed E-state index contributed by atoms with van der Waals surface area (Å²) in [7, 11) is 3.35. The van der Waals surface area contributed by atoms with E-state index in [0.29, 0.717) is 5.92 Å². The smallest absolute Gasteiger partial charge is 0.161 e. The number of fused-ring (bicyclic) bond motifs is 1. The summed E-state index contributed by atoms with van der Waals surface area (Å²) < 4.78 is 10.9. The number of benzene rings is 1.